The summed E-state index contributed by atoms with van der Waals surface area (Å²) in [5.41, 5.74) is -1.28. The lowest BCUT2D eigenvalue weighted by atomic mass is 9.85. The quantitative estimate of drug-likeness (QED) is 0.647. The number of rotatable bonds is 4. The predicted octanol–water partition coefficient (Wildman–Crippen LogP) is 2.84. The number of para-hydroxylation sites is 1. The van der Waals surface area contributed by atoms with Crippen LogP contribution < -0.4 is 5.32 Å². The van der Waals surface area contributed by atoms with Gasteiger partial charge in [0.1, 0.15) is 0 Å². The molecule has 27 heavy (non-hydrogen) atoms. The number of likely N-dealkylation sites (tertiary alicyclic amines) is 1. The third-order valence-corrected chi connectivity index (χ3v) is 5.63. The zero-order valence-corrected chi connectivity index (χ0v) is 14.2. The zero-order valence-electron chi connectivity index (χ0n) is 14.2. The lowest BCUT2D eigenvalue weighted by molar-refractivity contribution is -0.141. The molecular formula is C19H17F3N2O3. The van der Waals surface area contributed by atoms with Gasteiger partial charge in [0, 0.05) is 13.0 Å². The number of allylic oxidation sites excluding steroid dienone is 2. The fraction of sp³-hybridized carbons (Fsp3) is 0.421. The summed E-state index contributed by atoms with van der Waals surface area (Å²) in [6.45, 7) is -0.121. The van der Waals surface area contributed by atoms with Crippen molar-refractivity contribution in [3.05, 3.63) is 42.0 Å². The average molecular weight is 378 g/mol. The number of nitrogens with one attached hydrogen (secondary N) is 1. The molecule has 1 aromatic rings. The normalized spacial score (nSPS) is 28.8. The number of nitrogens with zero attached hydrogens (tertiary/aromatic N) is 1. The minimum Gasteiger partial charge on any atom is -0.325 e. The van der Waals surface area contributed by atoms with E-state index >= 15 is 0 Å². The van der Waals surface area contributed by atoms with Crippen molar-refractivity contribution in [2.75, 3.05) is 11.9 Å². The molecule has 8 heteroatoms. The van der Waals surface area contributed by atoms with Gasteiger partial charge in [-0.05, 0) is 30.4 Å². The van der Waals surface area contributed by atoms with Gasteiger partial charge in [0.25, 0.3) is 0 Å². The third kappa shape index (κ3) is 2.93. The Morgan fingerprint density at radius 2 is 1.67 bits per heavy atom. The van der Waals surface area contributed by atoms with Crippen molar-refractivity contribution >= 4 is 23.4 Å². The number of anilines is 1. The highest BCUT2D eigenvalue weighted by atomic mass is 19.4. The van der Waals surface area contributed by atoms with Crippen LogP contribution >= 0.6 is 0 Å². The molecule has 0 aromatic heterocycles. The minimum absolute atomic E-state index is 0.0777. The van der Waals surface area contributed by atoms with Crippen LogP contribution in [0.15, 0.2) is 36.4 Å². The van der Waals surface area contributed by atoms with Crippen LogP contribution in [-0.2, 0) is 20.6 Å². The van der Waals surface area contributed by atoms with Crippen LogP contribution in [0.1, 0.15) is 18.4 Å². The number of halogens is 3. The van der Waals surface area contributed by atoms with Gasteiger partial charge in [0.05, 0.1) is 23.1 Å². The summed E-state index contributed by atoms with van der Waals surface area (Å²) in [4.78, 5) is 38.3. The standard InChI is InChI=1S/C19H17F3N2O3/c20-19(21,22)12-3-1-2-4-13(12)23-14(25)7-8-24-17(26)15-10-5-6-11(9-10)16(15)18(24)27/h1-6,10-11,15-16H,7-9H2,(H,23,25). The van der Waals surface area contributed by atoms with Crippen molar-refractivity contribution in [3.63, 3.8) is 0 Å². The van der Waals surface area contributed by atoms with Crippen LogP contribution in [0.5, 0.6) is 0 Å². The second-order valence-corrected chi connectivity index (χ2v) is 7.17. The first-order valence-corrected chi connectivity index (χ1v) is 8.77. The zero-order chi connectivity index (χ0) is 19.3. The monoisotopic (exact) mass is 378 g/mol. The van der Waals surface area contributed by atoms with Crippen LogP contribution in [0.2, 0.25) is 0 Å². The summed E-state index contributed by atoms with van der Waals surface area (Å²) in [6.07, 6.45) is -0.0711. The van der Waals surface area contributed by atoms with Gasteiger partial charge in [0.2, 0.25) is 17.7 Å². The molecule has 1 aromatic carbocycles. The van der Waals surface area contributed by atoms with Crippen LogP contribution in [0, 0.1) is 23.7 Å². The summed E-state index contributed by atoms with van der Waals surface area (Å²) in [5.74, 6) is -1.76. The third-order valence-electron chi connectivity index (χ3n) is 5.63. The number of carbonyl (C=O) groups is 3. The van der Waals surface area contributed by atoms with Crippen molar-refractivity contribution in [3.8, 4) is 0 Å². The first-order valence-electron chi connectivity index (χ1n) is 8.77. The van der Waals surface area contributed by atoms with Gasteiger partial charge in [-0.25, -0.2) is 0 Å². The fourth-order valence-corrected chi connectivity index (χ4v) is 4.45. The minimum atomic E-state index is -4.59. The highest BCUT2D eigenvalue weighted by molar-refractivity contribution is 6.06. The second-order valence-electron chi connectivity index (χ2n) is 7.17. The first kappa shape index (κ1) is 17.8. The van der Waals surface area contributed by atoms with Gasteiger partial charge in [-0.1, -0.05) is 24.3 Å². The maximum Gasteiger partial charge on any atom is 0.418 e. The van der Waals surface area contributed by atoms with Gasteiger partial charge < -0.3 is 5.32 Å². The largest absolute Gasteiger partial charge is 0.418 e. The molecule has 1 N–H and O–H groups in total. The van der Waals surface area contributed by atoms with E-state index in [9.17, 15) is 27.6 Å². The van der Waals surface area contributed by atoms with E-state index in [1.807, 2.05) is 12.2 Å². The fourth-order valence-electron chi connectivity index (χ4n) is 4.45. The highest BCUT2D eigenvalue weighted by Crippen LogP contribution is 2.52. The van der Waals surface area contributed by atoms with E-state index in [0.717, 1.165) is 17.4 Å². The topological polar surface area (TPSA) is 66.5 Å². The van der Waals surface area contributed by atoms with Crippen LogP contribution in [-0.4, -0.2) is 29.2 Å². The van der Waals surface area contributed by atoms with E-state index in [1.165, 1.54) is 18.2 Å². The smallest absolute Gasteiger partial charge is 0.325 e. The molecule has 142 valence electrons. The van der Waals surface area contributed by atoms with Crippen molar-refractivity contribution in [1.29, 1.82) is 0 Å². The molecule has 3 aliphatic rings. The van der Waals surface area contributed by atoms with Gasteiger partial charge in [-0.15, -0.1) is 0 Å². The van der Waals surface area contributed by atoms with Gasteiger partial charge in [-0.3, -0.25) is 19.3 Å². The summed E-state index contributed by atoms with van der Waals surface area (Å²) in [6, 6.07) is 4.68. The molecule has 0 spiro atoms. The number of alkyl halides is 3. The molecule has 2 fully saturated rings. The van der Waals surface area contributed by atoms with Crippen LogP contribution in [0.25, 0.3) is 0 Å². The first-order chi connectivity index (χ1) is 12.8. The number of hydrogen-bond acceptors (Lipinski definition) is 3. The lowest BCUT2D eigenvalue weighted by Crippen LogP contribution is -2.35. The van der Waals surface area contributed by atoms with E-state index in [-0.39, 0.29) is 54.1 Å². The Morgan fingerprint density at radius 3 is 2.26 bits per heavy atom. The Balaban J connectivity index is 1.40. The van der Waals surface area contributed by atoms with E-state index in [0.29, 0.717) is 0 Å². The molecule has 2 bridgehead atoms. The van der Waals surface area contributed by atoms with Crippen LogP contribution in [0.3, 0.4) is 0 Å². The summed E-state index contributed by atoms with van der Waals surface area (Å²) in [7, 11) is 0. The highest BCUT2D eigenvalue weighted by Gasteiger charge is 2.59. The maximum atomic E-state index is 13.0. The molecule has 1 heterocycles. The molecule has 0 radical (unpaired) electrons. The van der Waals surface area contributed by atoms with E-state index < -0.39 is 17.6 Å². The Hall–Kier alpha value is -2.64. The Morgan fingerprint density at radius 1 is 1.07 bits per heavy atom. The summed E-state index contributed by atoms with van der Waals surface area (Å²) < 4.78 is 39.0. The lowest BCUT2D eigenvalue weighted by Gasteiger charge is -2.17. The number of hydrogen-bond donors (Lipinski definition) is 1. The van der Waals surface area contributed by atoms with Crippen molar-refractivity contribution in [2.24, 2.45) is 23.7 Å². The van der Waals surface area contributed by atoms with E-state index in [1.54, 1.807) is 0 Å². The molecule has 2 aliphatic carbocycles. The van der Waals surface area contributed by atoms with Crippen molar-refractivity contribution < 1.29 is 27.6 Å². The molecule has 4 rings (SSSR count). The predicted molar refractivity (Wildman–Crippen MR) is 89.1 cm³/mol. The van der Waals surface area contributed by atoms with E-state index in [4.69, 9.17) is 0 Å². The number of carbonyl (C=O) groups excluding carboxylic acids is 3. The number of imide groups is 1. The average Bonchev–Trinajstić information content (AvgIpc) is 3.27. The van der Waals surface area contributed by atoms with Crippen molar-refractivity contribution in [1.82, 2.24) is 4.90 Å². The number of benzene rings is 1. The van der Waals surface area contributed by atoms with Gasteiger partial charge in [0.15, 0.2) is 0 Å². The maximum absolute atomic E-state index is 13.0. The molecule has 1 aliphatic heterocycles. The Bertz CT molecular complexity index is 819. The summed E-state index contributed by atoms with van der Waals surface area (Å²) >= 11 is 0. The van der Waals surface area contributed by atoms with Crippen molar-refractivity contribution in [2.45, 2.75) is 19.0 Å². The Kier molecular flexibility index (Phi) is 4.09. The molecule has 3 amide bonds. The number of amides is 3. The molecule has 4 unspecified atom stereocenters. The molecular weight excluding hydrogens is 361 g/mol. The molecule has 1 saturated heterocycles. The molecule has 5 nitrogen and oxygen atoms in total. The molecule has 1 saturated carbocycles. The SMILES string of the molecule is O=C(CCN1C(=O)C2C3C=CC(C3)C2C1=O)Nc1ccccc1C(F)(F)F. The van der Waals surface area contributed by atoms with Gasteiger partial charge in [-0.2, -0.15) is 13.2 Å². The molecule has 4 atom stereocenters. The number of fused-ring (bicyclic) bond motifs is 5. The summed E-state index contributed by atoms with van der Waals surface area (Å²) in [5, 5.41) is 2.23. The van der Waals surface area contributed by atoms with Gasteiger partial charge >= 0.3 is 6.18 Å². The Labute approximate surface area is 153 Å². The second kappa shape index (κ2) is 6.21. The van der Waals surface area contributed by atoms with E-state index in [2.05, 4.69) is 5.32 Å². The van der Waals surface area contributed by atoms with Crippen LogP contribution in [0.4, 0.5) is 18.9 Å².